The highest BCUT2D eigenvalue weighted by molar-refractivity contribution is 7.92. The molecule has 1 aliphatic rings. The van der Waals surface area contributed by atoms with Crippen molar-refractivity contribution in [1.29, 1.82) is 0 Å². The number of carbonyl (C=O) groups excluding carboxylic acids is 1. The molecule has 0 bridgehead atoms. The quantitative estimate of drug-likeness (QED) is 0.417. The number of amides is 1. The Balaban J connectivity index is 1.64. The van der Waals surface area contributed by atoms with Crippen molar-refractivity contribution in [2.45, 2.75) is 23.6 Å². The van der Waals surface area contributed by atoms with Gasteiger partial charge in [-0.25, -0.2) is 16.8 Å². The number of aryl methyl sites for hydroxylation is 2. The number of nitrogens with zero attached hydrogens (tertiary/aromatic N) is 2. The Bertz CT molecular complexity index is 1550. The Morgan fingerprint density at radius 2 is 1.64 bits per heavy atom. The summed E-state index contributed by atoms with van der Waals surface area (Å²) in [6.07, 6.45) is 0. The molecule has 0 saturated carbocycles. The molecule has 3 aromatic carbocycles. The van der Waals surface area contributed by atoms with E-state index in [1.807, 2.05) is 19.9 Å². The van der Waals surface area contributed by atoms with Crippen LogP contribution in [0.4, 0.5) is 11.4 Å². The van der Waals surface area contributed by atoms with E-state index in [0.717, 1.165) is 15.4 Å². The average molecular weight is 574 g/mol. The third-order valence-electron chi connectivity index (χ3n) is 6.22. The van der Waals surface area contributed by atoms with Gasteiger partial charge in [0.15, 0.2) is 0 Å². The van der Waals surface area contributed by atoms with Crippen LogP contribution in [0, 0.1) is 13.8 Å². The van der Waals surface area contributed by atoms with Crippen molar-refractivity contribution in [1.82, 2.24) is 4.31 Å². The second kappa shape index (κ2) is 11.7. The minimum Gasteiger partial charge on any atom is -0.495 e. The third-order valence-corrected chi connectivity index (χ3v) is 9.93. The van der Waals surface area contributed by atoms with Crippen molar-refractivity contribution in [2.75, 3.05) is 49.6 Å². The molecule has 3 aromatic rings. The minimum atomic E-state index is -4.09. The molecule has 12 heteroatoms. The molecular weight excluding hydrogens is 542 g/mol. The van der Waals surface area contributed by atoms with Crippen molar-refractivity contribution >= 4 is 37.3 Å². The number of ether oxygens (including phenoxy) is 2. The predicted molar refractivity (Wildman–Crippen MR) is 148 cm³/mol. The minimum absolute atomic E-state index is 0.0470. The van der Waals surface area contributed by atoms with Crippen LogP contribution in [-0.4, -0.2) is 67.0 Å². The van der Waals surface area contributed by atoms with Gasteiger partial charge in [0, 0.05) is 18.8 Å². The fraction of sp³-hybridized carbons (Fsp3) is 0.296. The van der Waals surface area contributed by atoms with Gasteiger partial charge in [0.25, 0.3) is 10.0 Å². The molecule has 39 heavy (non-hydrogen) atoms. The molecule has 1 N–H and O–H groups in total. The van der Waals surface area contributed by atoms with E-state index in [4.69, 9.17) is 9.47 Å². The van der Waals surface area contributed by atoms with E-state index in [1.165, 1.54) is 41.7 Å². The van der Waals surface area contributed by atoms with Gasteiger partial charge >= 0.3 is 0 Å². The molecule has 208 valence electrons. The van der Waals surface area contributed by atoms with E-state index in [1.54, 1.807) is 30.3 Å². The standard InChI is InChI=1S/C27H31N3O7S2/c1-20-7-10-24(11-8-20)38(32,33)30(23-6-4-5-21(2)17-23)19-27(31)28-22-9-12-25(36-3)26(18-22)39(34,35)29-13-15-37-16-14-29/h4-12,17-18H,13-16,19H2,1-3H3,(H,28,31). The van der Waals surface area contributed by atoms with Crippen molar-refractivity contribution in [2.24, 2.45) is 0 Å². The highest BCUT2D eigenvalue weighted by Gasteiger charge is 2.31. The summed E-state index contributed by atoms with van der Waals surface area (Å²) >= 11 is 0. The molecule has 0 aromatic heterocycles. The Labute approximate surface area is 229 Å². The zero-order valence-corrected chi connectivity index (χ0v) is 23.6. The maximum absolute atomic E-state index is 13.6. The van der Waals surface area contributed by atoms with Gasteiger partial charge in [0.05, 0.1) is 30.9 Å². The third kappa shape index (κ3) is 6.41. The molecular formula is C27H31N3O7S2. The molecule has 0 atom stereocenters. The Kier molecular flexibility index (Phi) is 8.60. The summed E-state index contributed by atoms with van der Waals surface area (Å²) in [6, 6.07) is 17.5. The van der Waals surface area contributed by atoms with Crippen LogP contribution in [0.3, 0.4) is 0 Å². The number of benzene rings is 3. The largest absolute Gasteiger partial charge is 0.495 e. The molecule has 1 fully saturated rings. The molecule has 0 radical (unpaired) electrons. The second-order valence-corrected chi connectivity index (χ2v) is 12.9. The maximum atomic E-state index is 13.6. The average Bonchev–Trinajstić information content (AvgIpc) is 2.92. The number of sulfonamides is 2. The van der Waals surface area contributed by atoms with Gasteiger partial charge in [-0.2, -0.15) is 4.31 Å². The van der Waals surface area contributed by atoms with Crippen LogP contribution in [0.25, 0.3) is 0 Å². The lowest BCUT2D eigenvalue weighted by molar-refractivity contribution is -0.114. The van der Waals surface area contributed by atoms with Gasteiger partial charge < -0.3 is 14.8 Å². The molecule has 0 aliphatic carbocycles. The zero-order chi connectivity index (χ0) is 28.2. The van der Waals surface area contributed by atoms with Crippen LogP contribution in [0.1, 0.15) is 11.1 Å². The predicted octanol–water partition coefficient (Wildman–Crippen LogP) is 3.17. The first kappa shape index (κ1) is 28.6. The lowest BCUT2D eigenvalue weighted by Crippen LogP contribution is -2.40. The first-order valence-corrected chi connectivity index (χ1v) is 15.1. The number of hydrogen-bond donors (Lipinski definition) is 1. The summed E-state index contributed by atoms with van der Waals surface area (Å²) in [7, 11) is -6.66. The molecule has 10 nitrogen and oxygen atoms in total. The van der Waals surface area contributed by atoms with E-state index in [0.29, 0.717) is 5.69 Å². The van der Waals surface area contributed by atoms with Crippen molar-refractivity contribution < 1.29 is 31.1 Å². The Morgan fingerprint density at radius 1 is 0.949 bits per heavy atom. The van der Waals surface area contributed by atoms with Gasteiger partial charge in [-0.15, -0.1) is 0 Å². The number of nitrogens with one attached hydrogen (secondary N) is 1. The fourth-order valence-corrected chi connectivity index (χ4v) is 7.15. The SMILES string of the molecule is COc1ccc(NC(=O)CN(c2cccc(C)c2)S(=O)(=O)c2ccc(C)cc2)cc1S(=O)(=O)N1CCOCC1. The van der Waals surface area contributed by atoms with Gasteiger partial charge in [-0.3, -0.25) is 9.10 Å². The zero-order valence-electron chi connectivity index (χ0n) is 22.0. The monoisotopic (exact) mass is 573 g/mol. The lowest BCUT2D eigenvalue weighted by atomic mass is 10.2. The number of morpholine rings is 1. The summed E-state index contributed by atoms with van der Waals surface area (Å²) < 4.78 is 66.7. The first-order chi connectivity index (χ1) is 18.5. The van der Waals surface area contributed by atoms with E-state index in [-0.39, 0.29) is 47.5 Å². The summed E-state index contributed by atoms with van der Waals surface area (Å²) in [5, 5.41) is 2.65. The maximum Gasteiger partial charge on any atom is 0.264 e. The summed E-state index contributed by atoms with van der Waals surface area (Å²) in [6.45, 7) is 4.11. The van der Waals surface area contributed by atoms with Gasteiger partial charge in [0.1, 0.15) is 17.2 Å². The molecule has 1 amide bonds. The Hall–Kier alpha value is -3.45. The van der Waals surface area contributed by atoms with Gasteiger partial charge in [-0.05, 0) is 61.9 Å². The number of carbonyl (C=O) groups is 1. The number of methoxy groups -OCH3 is 1. The van der Waals surface area contributed by atoms with Crippen LogP contribution in [0.15, 0.2) is 76.5 Å². The van der Waals surface area contributed by atoms with Gasteiger partial charge in [-0.1, -0.05) is 29.8 Å². The number of hydrogen-bond acceptors (Lipinski definition) is 7. The van der Waals surface area contributed by atoms with Crippen LogP contribution >= 0.6 is 0 Å². The molecule has 0 spiro atoms. The molecule has 1 heterocycles. The van der Waals surface area contributed by atoms with Crippen LogP contribution in [0.5, 0.6) is 5.75 Å². The highest BCUT2D eigenvalue weighted by Crippen LogP contribution is 2.31. The summed E-state index contributed by atoms with van der Waals surface area (Å²) in [4.78, 5) is 13.1. The van der Waals surface area contributed by atoms with Crippen LogP contribution < -0.4 is 14.4 Å². The van der Waals surface area contributed by atoms with Crippen LogP contribution in [0.2, 0.25) is 0 Å². The molecule has 4 rings (SSSR count). The smallest absolute Gasteiger partial charge is 0.264 e. The van der Waals surface area contributed by atoms with E-state index < -0.39 is 32.5 Å². The van der Waals surface area contributed by atoms with E-state index >= 15 is 0 Å². The lowest BCUT2D eigenvalue weighted by Gasteiger charge is -2.27. The van der Waals surface area contributed by atoms with E-state index in [9.17, 15) is 21.6 Å². The van der Waals surface area contributed by atoms with Crippen molar-refractivity contribution in [3.8, 4) is 5.75 Å². The summed E-state index contributed by atoms with van der Waals surface area (Å²) in [5.74, 6) is -0.519. The van der Waals surface area contributed by atoms with Crippen LogP contribution in [-0.2, 0) is 29.6 Å². The second-order valence-electron chi connectivity index (χ2n) is 9.09. The fourth-order valence-electron chi connectivity index (χ4n) is 4.15. The van der Waals surface area contributed by atoms with E-state index in [2.05, 4.69) is 5.32 Å². The normalized spacial score (nSPS) is 14.5. The molecule has 1 aliphatic heterocycles. The molecule has 1 saturated heterocycles. The Morgan fingerprint density at radius 3 is 2.28 bits per heavy atom. The molecule has 0 unspecified atom stereocenters. The highest BCUT2D eigenvalue weighted by atomic mass is 32.2. The number of rotatable bonds is 9. The first-order valence-electron chi connectivity index (χ1n) is 12.2. The topological polar surface area (TPSA) is 122 Å². The van der Waals surface area contributed by atoms with Gasteiger partial charge in [0.2, 0.25) is 15.9 Å². The number of anilines is 2. The van der Waals surface area contributed by atoms with Crippen molar-refractivity contribution in [3.63, 3.8) is 0 Å². The summed E-state index contributed by atoms with van der Waals surface area (Å²) in [5.41, 5.74) is 2.24. The van der Waals surface area contributed by atoms with Crippen molar-refractivity contribution in [3.05, 3.63) is 77.9 Å².